The maximum Gasteiger partial charge on any atom is 0.492 e. The minimum absolute atomic E-state index is 0.0217. The van der Waals surface area contributed by atoms with Crippen LogP contribution in [0.25, 0.3) is 22.2 Å². The van der Waals surface area contributed by atoms with Gasteiger partial charge in [-0.15, -0.1) is 0 Å². The van der Waals surface area contributed by atoms with Crippen molar-refractivity contribution in [3.63, 3.8) is 0 Å². The number of hydrogen-bond acceptors (Lipinski definition) is 7. The number of hydrogen-bond donors (Lipinski definition) is 2. The van der Waals surface area contributed by atoms with Gasteiger partial charge in [0, 0.05) is 36.9 Å². The lowest BCUT2D eigenvalue weighted by molar-refractivity contribution is -0.222. The van der Waals surface area contributed by atoms with E-state index >= 15 is 0 Å². The first-order valence-corrected chi connectivity index (χ1v) is 12.8. The van der Waals surface area contributed by atoms with Crippen LogP contribution in [0.1, 0.15) is 18.5 Å². The summed E-state index contributed by atoms with van der Waals surface area (Å²) in [5.74, 6) is -2.65. The van der Waals surface area contributed by atoms with Crippen LogP contribution in [0.4, 0.5) is 13.2 Å². The SMILES string of the molecule is NCCN(OC(=O)C(F)(F)F)S(=O)(=O)c1ccc(-c2ccnc3[nH]c(CC(=O)N4CCCC4)cc23)cc1. The highest BCUT2D eigenvalue weighted by Gasteiger charge is 2.44. The zero-order valence-corrected chi connectivity index (χ0v) is 20.3. The number of rotatable bonds is 8. The van der Waals surface area contributed by atoms with Crippen LogP contribution >= 0.6 is 0 Å². The van der Waals surface area contributed by atoms with Crippen molar-refractivity contribution in [2.45, 2.75) is 30.3 Å². The van der Waals surface area contributed by atoms with E-state index in [0.29, 0.717) is 27.9 Å². The summed E-state index contributed by atoms with van der Waals surface area (Å²) in [6, 6.07) is 8.85. The van der Waals surface area contributed by atoms with E-state index in [9.17, 15) is 31.2 Å². The number of nitrogens with one attached hydrogen (secondary N) is 1. The number of amides is 1. The lowest BCUT2D eigenvalue weighted by atomic mass is 10.0. The number of carbonyl (C=O) groups is 2. The minimum atomic E-state index is -5.38. The molecule has 14 heteroatoms. The fourth-order valence-corrected chi connectivity index (χ4v) is 5.28. The summed E-state index contributed by atoms with van der Waals surface area (Å²) < 4.78 is 63.4. The number of alkyl halides is 3. The van der Waals surface area contributed by atoms with Gasteiger partial charge in [0.25, 0.3) is 10.0 Å². The van der Waals surface area contributed by atoms with Gasteiger partial charge in [-0.25, -0.2) is 18.2 Å². The summed E-state index contributed by atoms with van der Waals surface area (Å²) in [5.41, 5.74) is 7.83. The minimum Gasteiger partial charge on any atom is -0.345 e. The average molecular weight is 540 g/mol. The van der Waals surface area contributed by atoms with Gasteiger partial charge in [-0.05, 0) is 52.7 Å². The van der Waals surface area contributed by atoms with Crippen LogP contribution in [0.5, 0.6) is 0 Å². The number of likely N-dealkylation sites (tertiary alicyclic amines) is 1. The van der Waals surface area contributed by atoms with Gasteiger partial charge < -0.3 is 20.5 Å². The topological polar surface area (TPSA) is 139 Å². The van der Waals surface area contributed by atoms with E-state index in [1.54, 1.807) is 12.3 Å². The molecule has 10 nitrogen and oxygen atoms in total. The molecule has 1 aliphatic rings. The zero-order valence-electron chi connectivity index (χ0n) is 19.5. The van der Waals surface area contributed by atoms with Gasteiger partial charge in [-0.1, -0.05) is 12.1 Å². The Morgan fingerprint density at radius 2 is 1.81 bits per heavy atom. The number of hydroxylamine groups is 1. The molecule has 4 rings (SSSR count). The second-order valence-electron chi connectivity index (χ2n) is 8.40. The van der Waals surface area contributed by atoms with Crippen LogP contribution < -0.4 is 5.73 Å². The molecular weight excluding hydrogens is 515 g/mol. The van der Waals surface area contributed by atoms with E-state index < -0.39 is 33.6 Å². The lowest BCUT2D eigenvalue weighted by Gasteiger charge is -2.21. The summed E-state index contributed by atoms with van der Waals surface area (Å²) >= 11 is 0. The molecule has 0 radical (unpaired) electrons. The molecule has 2 aromatic heterocycles. The molecule has 0 spiro atoms. The Labute approximate surface area is 210 Å². The second-order valence-corrected chi connectivity index (χ2v) is 10.2. The van der Waals surface area contributed by atoms with Crippen molar-refractivity contribution < 1.29 is 36.0 Å². The average Bonchev–Trinajstić information content (AvgIpc) is 3.53. The Morgan fingerprint density at radius 3 is 2.43 bits per heavy atom. The summed E-state index contributed by atoms with van der Waals surface area (Å²) in [5, 5.41) is 0.714. The standard InChI is InChI=1S/C23H24F3N5O5S/c24-23(25,26)22(33)36-31(12-8-27)37(34,35)17-5-3-15(4-6-17)18-7-9-28-21-19(18)13-16(29-21)14-20(32)30-10-1-2-11-30/h3-7,9,13H,1-2,8,10-12,14,27H2,(H,28,29). The van der Waals surface area contributed by atoms with Gasteiger partial charge in [0.1, 0.15) is 5.65 Å². The third-order valence-electron chi connectivity index (χ3n) is 5.85. The highest BCUT2D eigenvalue weighted by molar-refractivity contribution is 7.89. The number of sulfonamides is 1. The molecule has 3 aromatic rings. The molecular formula is C23H24F3N5O5S. The number of aromatic nitrogens is 2. The molecule has 0 saturated carbocycles. The number of pyridine rings is 1. The summed E-state index contributed by atoms with van der Waals surface area (Å²) in [6.45, 7) is 0.443. The molecule has 0 atom stereocenters. The van der Waals surface area contributed by atoms with Crippen molar-refractivity contribution in [1.29, 1.82) is 0 Å². The summed E-state index contributed by atoms with van der Waals surface area (Å²) in [7, 11) is -4.63. The summed E-state index contributed by atoms with van der Waals surface area (Å²) in [6.07, 6.45) is -1.65. The van der Waals surface area contributed by atoms with Gasteiger partial charge in [0.2, 0.25) is 5.91 Å². The van der Waals surface area contributed by atoms with Gasteiger partial charge >= 0.3 is 12.1 Å². The number of nitrogens with two attached hydrogens (primary N) is 1. The predicted molar refractivity (Wildman–Crippen MR) is 126 cm³/mol. The van der Waals surface area contributed by atoms with Crippen LogP contribution in [-0.4, -0.2) is 72.0 Å². The first-order chi connectivity index (χ1) is 17.5. The molecule has 1 aliphatic heterocycles. The number of nitrogens with zero attached hydrogens (tertiary/aromatic N) is 3. The highest BCUT2D eigenvalue weighted by atomic mass is 32.2. The maximum atomic E-state index is 12.8. The van der Waals surface area contributed by atoms with Crippen LogP contribution in [0.2, 0.25) is 0 Å². The molecule has 0 bridgehead atoms. The molecule has 1 fully saturated rings. The van der Waals surface area contributed by atoms with E-state index in [0.717, 1.165) is 25.9 Å². The summed E-state index contributed by atoms with van der Waals surface area (Å²) in [4.78, 5) is 36.7. The molecule has 0 aliphatic carbocycles. The van der Waals surface area contributed by atoms with Crippen molar-refractivity contribution in [2.24, 2.45) is 5.73 Å². The number of carbonyl (C=O) groups excluding carboxylic acids is 2. The van der Waals surface area contributed by atoms with Crippen LogP contribution in [0.3, 0.4) is 0 Å². The van der Waals surface area contributed by atoms with Gasteiger partial charge in [-0.3, -0.25) is 4.79 Å². The van der Waals surface area contributed by atoms with Gasteiger partial charge in [0.05, 0.1) is 17.9 Å². The van der Waals surface area contributed by atoms with E-state index in [4.69, 9.17) is 5.73 Å². The van der Waals surface area contributed by atoms with Gasteiger partial charge in [0.15, 0.2) is 0 Å². The van der Waals surface area contributed by atoms with Crippen molar-refractivity contribution in [2.75, 3.05) is 26.2 Å². The van der Waals surface area contributed by atoms with E-state index in [2.05, 4.69) is 14.8 Å². The number of fused-ring (bicyclic) bond motifs is 1. The monoisotopic (exact) mass is 539 g/mol. The molecule has 3 heterocycles. The Kier molecular flexibility index (Phi) is 7.52. The van der Waals surface area contributed by atoms with Crippen molar-refractivity contribution in [3.8, 4) is 11.1 Å². The molecule has 37 heavy (non-hydrogen) atoms. The molecule has 0 unspecified atom stereocenters. The van der Waals surface area contributed by atoms with Crippen LogP contribution in [-0.2, 0) is 30.9 Å². The van der Waals surface area contributed by atoms with Gasteiger partial charge in [-0.2, -0.15) is 13.2 Å². The molecule has 1 amide bonds. The normalized spacial score (nSPS) is 14.5. The number of H-pyrrole nitrogens is 1. The number of halogens is 3. The third kappa shape index (κ3) is 5.76. The Bertz CT molecular complexity index is 1400. The molecule has 3 N–H and O–H groups in total. The van der Waals surface area contributed by atoms with E-state index in [-0.39, 0.29) is 23.3 Å². The second kappa shape index (κ2) is 10.5. The quantitative estimate of drug-likeness (QED) is 0.419. The van der Waals surface area contributed by atoms with E-state index in [1.807, 2.05) is 11.0 Å². The number of aromatic amines is 1. The van der Waals surface area contributed by atoms with Crippen LogP contribution in [0.15, 0.2) is 47.5 Å². The van der Waals surface area contributed by atoms with Crippen molar-refractivity contribution >= 4 is 32.9 Å². The number of benzene rings is 1. The van der Waals surface area contributed by atoms with Crippen LogP contribution in [0, 0.1) is 0 Å². The molecule has 1 saturated heterocycles. The predicted octanol–water partition coefficient (Wildman–Crippen LogP) is 2.36. The maximum absolute atomic E-state index is 12.8. The Hall–Kier alpha value is -3.49. The van der Waals surface area contributed by atoms with Crippen molar-refractivity contribution in [1.82, 2.24) is 19.3 Å². The fourth-order valence-electron chi connectivity index (χ4n) is 4.06. The third-order valence-corrected chi connectivity index (χ3v) is 7.51. The highest BCUT2D eigenvalue weighted by Crippen LogP contribution is 2.30. The Balaban J connectivity index is 1.58. The zero-order chi connectivity index (χ0) is 26.8. The largest absolute Gasteiger partial charge is 0.492 e. The first kappa shape index (κ1) is 26.6. The van der Waals surface area contributed by atoms with E-state index in [1.165, 1.54) is 24.3 Å². The molecule has 198 valence electrons. The van der Waals surface area contributed by atoms with Crippen molar-refractivity contribution in [3.05, 3.63) is 48.3 Å². The lowest BCUT2D eigenvalue weighted by Crippen LogP contribution is -2.41. The smallest absolute Gasteiger partial charge is 0.345 e. The fraction of sp³-hybridized carbons (Fsp3) is 0.348. The first-order valence-electron chi connectivity index (χ1n) is 11.4. The Morgan fingerprint density at radius 1 is 1.14 bits per heavy atom. The molecule has 1 aromatic carbocycles.